The number of rotatable bonds is 3. The lowest BCUT2D eigenvalue weighted by Crippen LogP contribution is -2.10. The third-order valence-corrected chi connectivity index (χ3v) is 2.36. The molecule has 1 aromatic carbocycles. The topological polar surface area (TPSA) is 16.1 Å². The van der Waals surface area contributed by atoms with E-state index in [-0.39, 0.29) is 0 Å². The summed E-state index contributed by atoms with van der Waals surface area (Å²) in [7, 11) is 4.14. The standard InChI is InChI=1S/C14H15N2/c1-16(2)11-12-6-8-13(9-7-12)14-5-3-4-10-15-14/h3,5-10H,11H2,1-2H3. The van der Waals surface area contributed by atoms with E-state index >= 15 is 0 Å². The van der Waals surface area contributed by atoms with Gasteiger partial charge in [0.1, 0.15) is 0 Å². The van der Waals surface area contributed by atoms with Gasteiger partial charge in [-0.2, -0.15) is 0 Å². The van der Waals surface area contributed by atoms with E-state index in [4.69, 9.17) is 0 Å². The van der Waals surface area contributed by atoms with Crippen LogP contribution in [0.15, 0.2) is 42.6 Å². The number of aromatic nitrogens is 1. The number of pyridine rings is 1. The van der Waals surface area contributed by atoms with Crippen molar-refractivity contribution in [3.05, 3.63) is 54.2 Å². The maximum atomic E-state index is 4.27. The monoisotopic (exact) mass is 211 g/mol. The van der Waals surface area contributed by atoms with E-state index in [9.17, 15) is 0 Å². The molecule has 0 bridgehead atoms. The second kappa shape index (κ2) is 4.90. The summed E-state index contributed by atoms with van der Waals surface area (Å²) in [6, 6.07) is 15.3. The molecule has 1 heterocycles. The average molecular weight is 211 g/mol. The zero-order valence-corrected chi connectivity index (χ0v) is 9.64. The molecule has 81 valence electrons. The van der Waals surface area contributed by atoms with Crippen LogP contribution in [0.5, 0.6) is 0 Å². The third-order valence-electron chi connectivity index (χ3n) is 2.36. The Morgan fingerprint density at radius 2 is 1.88 bits per heavy atom. The van der Waals surface area contributed by atoms with Gasteiger partial charge in [-0.3, -0.25) is 4.98 Å². The molecule has 0 aliphatic carbocycles. The highest BCUT2D eigenvalue weighted by Gasteiger charge is 1.99. The highest BCUT2D eigenvalue weighted by Crippen LogP contribution is 2.16. The molecule has 0 aliphatic heterocycles. The third kappa shape index (κ3) is 2.67. The Hall–Kier alpha value is -1.67. The molecule has 2 aromatic rings. The van der Waals surface area contributed by atoms with Crippen LogP contribution in [0.4, 0.5) is 0 Å². The summed E-state index contributed by atoms with van der Waals surface area (Å²) in [5.41, 5.74) is 3.46. The molecule has 0 amide bonds. The maximum Gasteiger partial charge on any atom is 0.0702 e. The average Bonchev–Trinajstić information content (AvgIpc) is 2.30. The van der Waals surface area contributed by atoms with Crippen molar-refractivity contribution in [3.8, 4) is 11.3 Å². The minimum atomic E-state index is 0.969. The van der Waals surface area contributed by atoms with Gasteiger partial charge in [0.25, 0.3) is 0 Å². The van der Waals surface area contributed by atoms with Gasteiger partial charge in [-0.15, -0.1) is 0 Å². The van der Waals surface area contributed by atoms with Crippen LogP contribution in [0.3, 0.4) is 0 Å². The molecule has 2 nitrogen and oxygen atoms in total. The summed E-state index contributed by atoms with van der Waals surface area (Å²) in [5, 5.41) is 0. The van der Waals surface area contributed by atoms with Crippen LogP contribution in [-0.2, 0) is 6.54 Å². The van der Waals surface area contributed by atoms with Crippen molar-refractivity contribution in [2.75, 3.05) is 14.1 Å². The van der Waals surface area contributed by atoms with Gasteiger partial charge in [0.05, 0.1) is 5.69 Å². The first-order valence-electron chi connectivity index (χ1n) is 5.32. The maximum absolute atomic E-state index is 4.27. The first kappa shape index (κ1) is 10.8. The lowest BCUT2D eigenvalue weighted by molar-refractivity contribution is 0.402. The van der Waals surface area contributed by atoms with Gasteiger partial charge in [-0.05, 0) is 25.7 Å². The SMILES string of the molecule is CN(C)Cc1ccc(-c2cc[c]cn2)cc1. The van der Waals surface area contributed by atoms with Crippen molar-refractivity contribution in [2.24, 2.45) is 0 Å². The Labute approximate surface area is 96.6 Å². The van der Waals surface area contributed by atoms with Crippen LogP contribution in [0.2, 0.25) is 0 Å². The van der Waals surface area contributed by atoms with Crippen molar-refractivity contribution in [1.29, 1.82) is 0 Å². The Bertz CT molecular complexity index is 432. The highest BCUT2D eigenvalue weighted by atomic mass is 15.0. The number of nitrogens with zero attached hydrogens (tertiary/aromatic N) is 2. The molecule has 0 saturated heterocycles. The van der Waals surface area contributed by atoms with Gasteiger partial charge in [-0.1, -0.05) is 30.3 Å². The molecular weight excluding hydrogens is 196 g/mol. The van der Waals surface area contributed by atoms with E-state index < -0.39 is 0 Å². The first-order valence-corrected chi connectivity index (χ1v) is 5.32. The number of benzene rings is 1. The fraction of sp³-hybridized carbons (Fsp3) is 0.214. The van der Waals surface area contributed by atoms with Crippen molar-refractivity contribution in [1.82, 2.24) is 9.88 Å². The molecule has 2 rings (SSSR count). The quantitative estimate of drug-likeness (QED) is 0.775. The minimum Gasteiger partial charge on any atom is -0.305 e. The molecule has 0 spiro atoms. The molecule has 16 heavy (non-hydrogen) atoms. The van der Waals surface area contributed by atoms with Crippen LogP contribution in [-0.4, -0.2) is 24.0 Å². The van der Waals surface area contributed by atoms with Crippen LogP contribution >= 0.6 is 0 Å². The van der Waals surface area contributed by atoms with Gasteiger partial charge >= 0.3 is 0 Å². The number of hydrogen-bond donors (Lipinski definition) is 0. The zero-order chi connectivity index (χ0) is 11.4. The molecule has 0 unspecified atom stereocenters. The Morgan fingerprint density at radius 3 is 2.44 bits per heavy atom. The molecule has 2 heteroatoms. The molecule has 0 N–H and O–H groups in total. The van der Waals surface area contributed by atoms with Crippen molar-refractivity contribution < 1.29 is 0 Å². The molecule has 1 radical (unpaired) electrons. The van der Waals surface area contributed by atoms with Crippen LogP contribution in [0.25, 0.3) is 11.3 Å². The van der Waals surface area contributed by atoms with Crippen molar-refractivity contribution in [2.45, 2.75) is 6.54 Å². The molecule has 1 aromatic heterocycles. The summed E-state index contributed by atoms with van der Waals surface area (Å²) in [6.45, 7) is 0.969. The lowest BCUT2D eigenvalue weighted by Gasteiger charge is -2.09. The summed E-state index contributed by atoms with van der Waals surface area (Å²) in [6.07, 6.45) is 1.70. The zero-order valence-electron chi connectivity index (χ0n) is 9.64. The highest BCUT2D eigenvalue weighted by molar-refractivity contribution is 5.58. The fourth-order valence-corrected chi connectivity index (χ4v) is 1.64. The summed E-state index contributed by atoms with van der Waals surface area (Å²) < 4.78 is 0. The lowest BCUT2D eigenvalue weighted by atomic mass is 10.1. The Balaban J connectivity index is 2.20. The minimum absolute atomic E-state index is 0.969. The normalized spacial score (nSPS) is 10.7. The van der Waals surface area contributed by atoms with Gasteiger partial charge in [0.15, 0.2) is 0 Å². The predicted molar refractivity (Wildman–Crippen MR) is 65.9 cm³/mol. The van der Waals surface area contributed by atoms with Gasteiger partial charge < -0.3 is 4.90 Å². The second-order valence-corrected chi connectivity index (χ2v) is 4.08. The van der Waals surface area contributed by atoms with Crippen LogP contribution < -0.4 is 0 Å². The van der Waals surface area contributed by atoms with E-state index in [0.29, 0.717) is 0 Å². The van der Waals surface area contributed by atoms with Gasteiger partial charge in [0.2, 0.25) is 0 Å². The van der Waals surface area contributed by atoms with E-state index in [1.807, 2.05) is 12.1 Å². The smallest absolute Gasteiger partial charge is 0.0702 e. The van der Waals surface area contributed by atoms with E-state index in [0.717, 1.165) is 17.8 Å². The van der Waals surface area contributed by atoms with Gasteiger partial charge in [-0.25, -0.2) is 0 Å². The molecule has 0 fully saturated rings. The van der Waals surface area contributed by atoms with Crippen LogP contribution in [0.1, 0.15) is 5.56 Å². The molecular formula is C14H15N2. The molecule has 0 atom stereocenters. The number of hydrogen-bond acceptors (Lipinski definition) is 2. The summed E-state index contributed by atoms with van der Waals surface area (Å²) >= 11 is 0. The first-order chi connectivity index (χ1) is 7.75. The van der Waals surface area contributed by atoms with Crippen molar-refractivity contribution in [3.63, 3.8) is 0 Å². The summed E-state index contributed by atoms with van der Waals surface area (Å²) in [4.78, 5) is 6.43. The second-order valence-electron chi connectivity index (χ2n) is 4.08. The Kier molecular flexibility index (Phi) is 3.32. The van der Waals surface area contributed by atoms with Crippen molar-refractivity contribution >= 4 is 0 Å². The van der Waals surface area contributed by atoms with Crippen LogP contribution in [0, 0.1) is 6.07 Å². The molecule has 0 aliphatic rings. The van der Waals surface area contributed by atoms with Gasteiger partial charge in [0, 0.05) is 24.4 Å². The van der Waals surface area contributed by atoms with E-state index in [1.54, 1.807) is 6.20 Å². The summed E-state index contributed by atoms with van der Waals surface area (Å²) in [5.74, 6) is 0. The largest absolute Gasteiger partial charge is 0.305 e. The Morgan fingerprint density at radius 1 is 1.12 bits per heavy atom. The van der Waals surface area contributed by atoms with E-state index in [1.165, 1.54) is 5.56 Å². The van der Waals surface area contributed by atoms with E-state index in [2.05, 4.69) is 54.3 Å². The molecule has 0 saturated carbocycles. The fourth-order valence-electron chi connectivity index (χ4n) is 1.64. The predicted octanol–water partition coefficient (Wildman–Crippen LogP) is 2.61.